The fraction of sp³-hybridized carbons (Fsp3) is 0.778. The van der Waals surface area contributed by atoms with Crippen LogP contribution < -0.4 is 0 Å². The minimum absolute atomic E-state index is 0.408. The third-order valence-electron chi connectivity index (χ3n) is 1.57. The Labute approximate surface area is 63.8 Å². The molecule has 10 heavy (non-hydrogen) atoms. The van der Waals surface area contributed by atoms with Gasteiger partial charge >= 0.3 is 0 Å². The van der Waals surface area contributed by atoms with Crippen molar-refractivity contribution in [1.29, 1.82) is 0 Å². The molecule has 1 heteroatoms. The van der Waals surface area contributed by atoms with Gasteiger partial charge in [0, 0.05) is 0 Å². The zero-order valence-corrected chi connectivity index (χ0v) is 7.22. The van der Waals surface area contributed by atoms with Gasteiger partial charge in [0.05, 0.1) is 5.60 Å². The first-order valence-electron chi connectivity index (χ1n) is 4.08. The Morgan fingerprint density at radius 3 is 2.10 bits per heavy atom. The first-order chi connectivity index (χ1) is 4.71. The molecule has 0 amide bonds. The number of hydrogen-bond acceptors (Lipinski definition) is 1. The Morgan fingerprint density at radius 2 is 1.90 bits per heavy atom. The normalized spacial score (nSPS) is 30.8. The van der Waals surface area contributed by atoms with Gasteiger partial charge in [-0.1, -0.05) is 26.0 Å². The predicted molar refractivity (Wildman–Crippen MR) is 45.0 cm³/mol. The van der Waals surface area contributed by atoms with E-state index in [0.717, 1.165) is 19.3 Å². The molecule has 0 saturated carbocycles. The van der Waals surface area contributed by atoms with Crippen molar-refractivity contribution >= 4 is 0 Å². The molecule has 0 heterocycles. The maximum Gasteiger partial charge on any atom is 0.0657 e. The Balaban J connectivity index is 0.000000371. The highest BCUT2D eigenvalue weighted by Crippen LogP contribution is 2.21. The molecule has 0 aromatic heterocycles. The molecule has 1 aliphatic rings. The van der Waals surface area contributed by atoms with Crippen LogP contribution in [0.5, 0.6) is 0 Å². The molecule has 0 radical (unpaired) electrons. The molecule has 0 bridgehead atoms. The topological polar surface area (TPSA) is 20.2 Å². The summed E-state index contributed by atoms with van der Waals surface area (Å²) in [5.74, 6) is 0. The maximum atomic E-state index is 9.32. The third-order valence-corrected chi connectivity index (χ3v) is 1.57. The maximum absolute atomic E-state index is 9.32. The van der Waals surface area contributed by atoms with Crippen LogP contribution in [0.1, 0.15) is 40.0 Å². The van der Waals surface area contributed by atoms with E-state index in [1.807, 2.05) is 26.8 Å². The first kappa shape index (κ1) is 9.70. The highest BCUT2D eigenvalue weighted by atomic mass is 16.3. The summed E-state index contributed by atoms with van der Waals surface area (Å²) >= 11 is 0. The molecule has 0 saturated heterocycles. The Morgan fingerprint density at radius 1 is 1.30 bits per heavy atom. The number of aliphatic hydroxyl groups is 1. The van der Waals surface area contributed by atoms with E-state index in [2.05, 4.69) is 6.08 Å². The van der Waals surface area contributed by atoms with Crippen molar-refractivity contribution in [3.05, 3.63) is 12.2 Å². The van der Waals surface area contributed by atoms with Crippen LogP contribution in [0, 0.1) is 0 Å². The zero-order chi connectivity index (χ0) is 8.04. The number of allylic oxidation sites excluding steroid dienone is 1. The van der Waals surface area contributed by atoms with Crippen molar-refractivity contribution in [1.82, 2.24) is 0 Å². The van der Waals surface area contributed by atoms with Crippen LogP contribution in [0.3, 0.4) is 0 Å². The summed E-state index contributed by atoms with van der Waals surface area (Å²) in [4.78, 5) is 0. The van der Waals surface area contributed by atoms with Crippen molar-refractivity contribution in [3.8, 4) is 0 Å². The average molecular weight is 142 g/mol. The minimum atomic E-state index is -0.408. The highest BCUT2D eigenvalue weighted by molar-refractivity contribution is 4.95. The SMILES string of the molecule is CC.CC1(O)CC=CCC1. The Hall–Kier alpha value is -0.300. The lowest BCUT2D eigenvalue weighted by atomic mass is 9.92. The van der Waals surface area contributed by atoms with E-state index < -0.39 is 5.60 Å². The van der Waals surface area contributed by atoms with Gasteiger partial charge in [0.25, 0.3) is 0 Å². The van der Waals surface area contributed by atoms with Crippen LogP contribution >= 0.6 is 0 Å². The molecule has 0 aliphatic heterocycles. The van der Waals surface area contributed by atoms with Gasteiger partial charge in [0.1, 0.15) is 0 Å². The molecule has 1 aliphatic carbocycles. The molecule has 1 atom stereocenters. The van der Waals surface area contributed by atoms with E-state index in [4.69, 9.17) is 0 Å². The van der Waals surface area contributed by atoms with E-state index in [1.165, 1.54) is 0 Å². The standard InChI is InChI=1S/C7H12O.C2H6/c1-7(8)5-3-2-4-6-7;1-2/h2-3,8H,4-6H2,1H3;1-2H3. The van der Waals surface area contributed by atoms with E-state index >= 15 is 0 Å². The summed E-state index contributed by atoms with van der Waals surface area (Å²) in [5.41, 5.74) is -0.408. The van der Waals surface area contributed by atoms with E-state index in [9.17, 15) is 5.11 Å². The predicted octanol–water partition coefficient (Wildman–Crippen LogP) is 2.50. The second kappa shape index (κ2) is 4.51. The van der Waals surface area contributed by atoms with Gasteiger partial charge in [0.2, 0.25) is 0 Å². The van der Waals surface area contributed by atoms with Gasteiger partial charge < -0.3 is 5.11 Å². The van der Waals surface area contributed by atoms with Crippen LogP contribution in [0.15, 0.2) is 12.2 Å². The highest BCUT2D eigenvalue weighted by Gasteiger charge is 2.19. The smallest absolute Gasteiger partial charge is 0.0657 e. The fourth-order valence-corrected chi connectivity index (χ4v) is 0.951. The lowest BCUT2D eigenvalue weighted by Gasteiger charge is -2.23. The average Bonchev–Trinajstić information content (AvgIpc) is 1.92. The van der Waals surface area contributed by atoms with Crippen molar-refractivity contribution in [3.63, 3.8) is 0 Å². The van der Waals surface area contributed by atoms with Crippen molar-refractivity contribution < 1.29 is 5.11 Å². The van der Waals surface area contributed by atoms with Crippen LogP contribution in [-0.4, -0.2) is 10.7 Å². The molecule has 1 unspecified atom stereocenters. The van der Waals surface area contributed by atoms with Gasteiger partial charge in [-0.05, 0) is 26.2 Å². The molecule has 0 fully saturated rings. The van der Waals surface area contributed by atoms with E-state index in [0.29, 0.717) is 0 Å². The number of hydrogen-bond donors (Lipinski definition) is 1. The van der Waals surface area contributed by atoms with Crippen LogP contribution in [0.25, 0.3) is 0 Å². The molecule has 0 aromatic carbocycles. The summed E-state index contributed by atoms with van der Waals surface area (Å²) in [6, 6.07) is 0. The van der Waals surface area contributed by atoms with Gasteiger partial charge in [0.15, 0.2) is 0 Å². The lowest BCUT2D eigenvalue weighted by Crippen LogP contribution is -2.24. The summed E-state index contributed by atoms with van der Waals surface area (Å²) in [6.45, 7) is 5.89. The summed E-state index contributed by atoms with van der Waals surface area (Å²) < 4.78 is 0. The van der Waals surface area contributed by atoms with Gasteiger partial charge in [-0.3, -0.25) is 0 Å². The second-order valence-electron chi connectivity index (χ2n) is 2.71. The first-order valence-corrected chi connectivity index (χ1v) is 4.08. The molecule has 0 spiro atoms. The molecule has 1 nitrogen and oxygen atoms in total. The fourth-order valence-electron chi connectivity index (χ4n) is 0.951. The minimum Gasteiger partial charge on any atom is -0.390 e. The largest absolute Gasteiger partial charge is 0.390 e. The van der Waals surface area contributed by atoms with Crippen LogP contribution in [0.4, 0.5) is 0 Å². The quantitative estimate of drug-likeness (QED) is 0.515. The summed E-state index contributed by atoms with van der Waals surface area (Å²) in [6.07, 6.45) is 6.95. The molecule has 0 aromatic rings. The van der Waals surface area contributed by atoms with Crippen molar-refractivity contribution in [2.45, 2.75) is 45.6 Å². The Bertz CT molecular complexity index is 103. The Kier molecular flexibility index (Phi) is 4.37. The van der Waals surface area contributed by atoms with Crippen LogP contribution in [0.2, 0.25) is 0 Å². The van der Waals surface area contributed by atoms with Crippen molar-refractivity contribution in [2.24, 2.45) is 0 Å². The molecule has 1 rings (SSSR count). The van der Waals surface area contributed by atoms with Gasteiger partial charge in [-0.15, -0.1) is 0 Å². The second-order valence-corrected chi connectivity index (χ2v) is 2.71. The van der Waals surface area contributed by atoms with E-state index in [-0.39, 0.29) is 0 Å². The molecule has 1 N–H and O–H groups in total. The monoisotopic (exact) mass is 142 g/mol. The lowest BCUT2D eigenvalue weighted by molar-refractivity contribution is 0.0511. The van der Waals surface area contributed by atoms with Gasteiger partial charge in [-0.25, -0.2) is 0 Å². The summed E-state index contributed by atoms with van der Waals surface area (Å²) in [5, 5.41) is 9.32. The van der Waals surface area contributed by atoms with E-state index in [1.54, 1.807) is 0 Å². The zero-order valence-electron chi connectivity index (χ0n) is 7.22. The van der Waals surface area contributed by atoms with Crippen LogP contribution in [-0.2, 0) is 0 Å². The van der Waals surface area contributed by atoms with Crippen molar-refractivity contribution in [2.75, 3.05) is 0 Å². The molecular weight excluding hydrogens is 124 g/mol. The third kappa shape index (κ3) is 3.67. The molecular formula is C9H18O. The molecule has 60 valence electrons. The van der Waals surface area contributed by atoms with Gasteiger partial charge in [-0.2, -0.15) is 0 Å². The number of rotatable bonds is 0. The summed E-state index contributed by atoms with van der Waals surface area (Å²) in [7, 11) is 0.